The fourth-order valence-corrected chi connectivity index (χ4v) is 5.18. The van der Waals surface area contributed by atoms with Crippen LogP contribution in [-0.2, 0) is 16.0 Å². The van der Waals surface area contributed by atoms with Crippen LogP contribution in [0.15, 0.2) is 77.4 Å². The van der Waals surface area contributed by atoms with Crippen LogP contribution in [0.2, 0.25) is 0 Å². The van der Waals surface area contributed by atoms with E-state index in [4.69, 9.17) is 4.52 Å². The monoisotopic (exact) mass is 554 g/mol. The molecule has 4 aromatic rings. The fraction of sp³-hybridized carbons (Fsp3) is 0.323. The number of hydrogen-bond acceptors (Lipinski definition) is 6. The lowest BCUT2D eigenvalue weighted by Crippen LogP contribution is -2.50. The molecule has 212 valence electrons. The normalized spacial score (nSPS) is 16.2. The van der Waals surface area contributed by atoms with Crippen LogP contribution in [0.1, 0.15) is 77.2 Å². The third-order valence-electron chi connectivity index (χ3n) is 7.27. The van der Waals surface area contributed by atoms with E-state index in [1.54, 1.807) is 24.9 Å². The topological polar surface area (TPSA) is 133 Å². The third kappa shape index (κ3) is 6.89. The third-order valence-corrected chi connectivity index (χ3v) is 7.27. The number of rotatable bonds is 10. The Bertz CT molecular complexity index is 1480. The zero-order valence-corrected chi connectivity index (χ0v) is 23.2. The second-order valence-electron chi connectivity index (χ2n) is 10.4. The van der Waals surface area contributed by atoms with Crippen molar-refractivity contribution in [1.82, 2.24) is 30.7 Å². The Morgan fingerprint density at radius 2 is 1.80 bits per heavy atom. The van der Waals surface area contributed by atoms with E-state index in [1.165, 1.54) is 6.07 Å². The van der Waals surface area contributed by atoms with Crippen LogP contribution < -0.4 is 10.6 Å². The van der Waals surface area contributed by atoms with Crippen molar-refractivity contribution in [1.29, 1.82) is 0 Å². The molecule has 2 aromatic carbocycles. The van der Waals surface area contributed by atoms with Gasteiger partial charge in [-0.2, -0.15) is 0 Å². The Morgan fingerprint density at radius 1 is 1.07 bits per heavy atom. The van der Waals surface area contributed by atoms with E-state index >= 15 is 0 Å². The Hall–Kier alpha value is -4.73. The molecule has 41 heavy (non-hydrogen) atoms. The average Bonchev–Trinajstić information content (AvgIpc) is 3.75. The number of imidazole rings is 1. The molecule has 0 radical (unpaired) electrons. The molecule has 10 heteroatoms. The number of carbonyl (C=O) groups is 3. The number of benzene rings is 2. The molecule has 3 amide bonds. The quantitative estimate of drug-likeness (QED) is 0.271. The maximum absolute atomic E-state index is 13.5. The molecule has 5 rings (SSSR count). The molecule has 10 nitrogen and oxygen atoms in total. The highest BCUT2D eigenvalue weighted by Gasteiger charge is 2.34. The molecule has 0 spiro atoms. The second kappa shape index (κ2) is 12.6. The first-order chi connectivity index (χ1) is 19.9. The number of aromatic nitrogens is 3. The van der Waals surface area contributed by atoms with Gasteiger partial charge in [0.1, 0.15) is 17.6 Å². The van der Waals surface area contributed by atoms with Gasteiger partial charge in [0.2, 0.25) is 11.8 Å². The van der Waals surface area contributed by atoms with Crippen molar-refractivity contribution in [2.24, 2.45) is 0 Å². The molecule has 0 bridgehead atoms. The lowest BCUT2D eigenvalue weighted by Gasteiger charge is -2.27. The predicted molar refractivity (Wildman–Crippen MR) is 152 cm³/mol. The van der Waals surface area contributed by atoms with Crippen molar-refractivity contribution < 1.29 is 18.9 Å². The van der Waals surface area contributed by atoms with Gasteiger partial charge >= 0.3 is 0 Å². The Kier molecular flexibility index (Phi) is 8.57. The largest absolute Gasteiger partial charge is 0.361 e. The molecular formula is C31H34N6O4. The number of nitrogens with zero attached hydrogens (tertiary/aromatic N) is 3. The van der Waals surface area contributed by atoms with Gasteiger partial charge in [0.05, 0.1) is 18.5 Å². The van der Waals surface area contributed by atoms with E-state index in [1.807, 2.05) is 60.7 Å². The molecule has 3 N–H and O–H groups in total. The Morgan fingerprint density at radius 3 is 2.51 bits per heavy atom. The average molecular weight is 555 g/mol. The lowest BCUT2D eigenvalue weighted by molar-refractivity contribution is -0.135. The van der Waals surface area contributed by atoms with E-state index in [0.717, 1.165) is 29.7 Å². The van der Waals surface area contributed by atoms with E-state index in [9.17, 15) is 14.4 Å². The Labute approximate surface area is 238 Å². The van der Waals surface area contributed by atoms with E-state index in [0.29, 0.717) is 24.6 Å². The number of aryl methyl sites for hydroxylation is 1. The van der Waals surface area contributed by atoms with E-state index in [-0.39, 0.29) is 24.1 Å². The number of nitrogens with one attached hydrogen (secondary N) is 3. The molecule has 1 fully saturated rings. The van der Waals surface area contributed by atoms with Crippen molar-refractivity contribution in [2.45, 2.75) is 57.7 Å². The second-order valence-corrected chi connectivity index (χ2v) is 10.4. The summed E-state index contributed by atoms with van der Waals surface area (Å²) >= 11 is 0. The van der Waals surface area contributed by atoms with Crippen molar-refractivity contribution in [3.63, 3.8) is 0 Å². The summed E-state index contributed by atoms with van der Waals surface area (Å²) in [6, 6.07) is 19.7. The van der Waals surface area contributed by atoms with Crippen LogP contribution in [0.3, 0.4) is 0 Å². The fourth-order valence-electron chi connectivity index (χ4n) is 5.18. The van der Waals surface area contributed by atoms with Gasteiger partial charge in [-0.25, -0.2) is 4.98 Å². The number of hydrogen-bond donors (Lipinski definition) is 3. The lowest BCUT2D eigenvalue weighted by atomic mass is 10.0. The first-order valence-electron chi connectivity index (χ1n) is 13.8. The minimum Gasteiger partial charge on any atom is -0.361 e. The first kappa shape index (κ1) is 27.8. The van der Waals surface area contributed by atoms with Gasteiger partial charge in [-0.15, -0.1) is 0 Å². The van der Waals surface area contributed by atoms with Gasteiger partial charge in [0.15, 0.2) is 5.69 Å². The van der Waals surface area contributed by atoms with Crippen LogP contribution in [0.4, 0.5) is 0 Å². The van der Waals surface area contributed by atoms with E-state index < -0.39 is 23.9 Å². The summed E-state index contributed by atoms with van der Waals surface area (Å²) in [5.41, 5.74) is 3.15. The van der Waals surface area contributed by atoms with Crippen LogP contribution in [0.5, 0.6) is 0 Å². The summed E-state index contributed by atoms with van der Waals surface area (Å²) in [5, 5.41) is 9.36. The molecule has 3 heterocycles. The highest BCUT2D eigenvalue weighted by atomic mass is 16.5. The minimum absolute atomic E-state index is 0.0423. The summed E-state index contributed by atoms with van der Waals surface area (Å²) in [6.45, 7) is 4.07. The molecule has 1 saturated heterocycles. The van der Waals surface area contributed by atoms with Gasteiger partial charge < -0.3 is 25.0 Å². The van der Waals surface area contributed by atoms with E-state index in [2.05, 4.69) is 25.8 Å². The zero-order valence-electron chi connectivity index (χ0n) is 23.2. The van der Waals surface area contributed by atoms with Gasteiger partial charge in [-0.3, -0.25) is 14.4 Å². The SMILES string of the molecule is Cc1cc(C(=O)N[C@@H](CC(=O)N2CCC[C@H]2c2ccccc2)C(=O)N[C@@H](C)c2ncc(Cc3ccccc3)[nH]2)no1. The predicted octanol–water partition coefficient (Wildman–Crippen LogP) is 4.03. The van der Waals surface area contributed by atoms with Crippen molar-refractivity contribution in [3.8, 4) is 0 Å². The molecule has 0 saturated carbocycles. The summed E-state index contributed by atoms with van der Waals surface area (Å²) in [6.07, 6.45) is 3.95. The van der Waals surface area contributed by atoms with Crippen molar-refractivity contribution in [3.05, 3.63) is 107 Å². The molecule has 0 unspecified atom stereocenters. The Balaban J connectivity index is 1.29. The molecular weight excluding hydrogens is 520 g/mol. The summed E-state index contributed by atoms with van der Waals surface area (Å²) in [7, 11) is 0. The minimum atomic E-state index is -1.12. The smallest absolute Gasteiger partial charge is 0.274 e. The van der Waals surface area contributed by atoms with Crippen molar-refractivity contribution in [2.75, 3.05) is 6.54 Å². The number of likely N-dealkylation sites (tertiary alicyclic amines) is 1. The standard InChI is InChI=1S/C31H34N6O4/c1-20-16-26(36-41-20)31(40)35-25(18-28(38)37-15-9-14-27(37)23-12-7-4-8-13-23)30(39)33-21(2)29-32-19-24(34-29)17-22-10-5-3-6-11-22/h3-8,10-13,16,19,21,25,27H,9,14-15,17-18H2,1-2H3,(H,32,34)(H,33,39)(H,35,40)/t21-,25-,27-/m0/s1. The van der Waals surface area contributed by atoms with Crippen LogP contribution in [0.25, 0.3) is 0 Å². The maximum Gasteiger partial charge on any atom is 0.274 e. The molecule has 1 aliphatic heterocycles. The maximum atomic E-state index is 13.5. The number of aromatic amines is 1. The molecule has 1 aliphatic rings. The summed E-state index contributed by atoms with van der Waals surface area (Å²) in [4.78, 5) is 49.5. The van der Waals surface area contributed by atoms with Crippen LogP contribution in [0, 0.1) is 6.92 Å². The number of amides is 3. The molecule has 3 atom stereocenters. The highest BCUT2D eigenvalue weighted by molar-refractivity contribution is 5.97. The van der Waals surface area contributed by atoms with Gasteiger partial charge in [0.25, 0.3) is 5.91 Å². The first-order valence-corrected chi connectivity index (χ1v) is 13.8. The van der Waals surface area contributed by atoms with Gasteiger partial charge in [-0.05, 0) is 37.8 Å². The molecule has 0 aliphatic carbocycles. The van der Waals surface area contributed by atoms with Gasteiger partial charge in [-0.1, -0.05) is 65.8 Å². The summed E-state index contributed by atoms with van der Waals surface area (Å²) < 4.78 is 5.02. The highest BCUT2D eigenvalue weighted by Crippen LogP contribution is 2.32. The number of carbonyl (C=O) groups excluding carboxylic acids is 3. The number of H-pyrrole nitrogens is 1. The summed E-state index contributed by atoms with van der Waals surface area (Å²) in [5.74, 6) is -0.240. The van der Waals surface area contributed by atoms with Gasteiger partial charge in [0, 0.05) is 30.9 Å². The van der Waals surface area contributed by atoms with Crippen LogP contribution in [-0.4, -0.2) is 50.3 Å². The van der Waals surface area contributed by atoms with Crippen molar-refractivity contribution >= 4 is 17.7 Å². The molecule has 2 aromatic heterocycles. The zero-order chi connectivity index (χ0) is 28.8. The van der Waals surface area contributed by atoms with Crippen LogP contribution >= 0.6 is 0 Å².